The molecule has 6 heteroatoms. The third-order valence-electron chi connectivity index (χ3n) is 4.40. The van der Waals surface area contributed by atoms with Gasteiger partial charge in [-0.25, -0.2) is 4.98 Å². The van der Waals surface area contributed by atoms with Gasteiger partial charge in [-0.1, -0.05) is 29.8 Å². The largest absolute Gasteiger partial charge is 0.352 e. The molecule has 1 fully saturated rings. The topological polar surface area (TPSA) is 49.3 Å². The van der Waals surface area contributed by atoms with Crippen molar-refractivity contribution in [3.8, 4) is 0 Å². The number of benzene rings is 2. The summed E-state index contributed by atoms with van der Waals surface area (Å²) in [7, 11) is 0. The van der Waals surface area contributed by atoms with Crippen molar-refractivity contribution < 1.29 is 4.79 Å². The van der Waals surface area contributed by atoms with Gasteiger partial charge in [0.1, 0.15) is 5.82 Å². The SMILES string of the molecule is O=C(c1cccc(Cl)c1)N1CCN(c2cnc3ccccc3n2)CC1. The molecule has 2 heterocycles. The average molecular weight is 353 g/mol. The highest BCUT2D eigenvalue weighted by Crippen LogP contribution is 2.18. The Morgan fingerprint density at radius 3 is 2.48 bits per heavy atom. The molecular formula is C19H17ClN4O. The molecule has 5 nitrogen and oxygen atoms in total. The molecule has 126 valence electrons. The highest BCUT2D eigenvalue weighted by atomic mass is 35.5. The molecule has 0 N–H and O–H groups in total. The van der Waals surface area contributed by atoms with E-state index in [4.69, 9.17) is 11.6 Å². The van der Waals surface area contributed by atoms with Crippen molar-refractivity contribution >= 4 is 34.4 Å². The summed E-state index contributed by atoms with van der Waals surface area (Å²) < 4.78 is 0. The number of fused-ring (bicyclic) bond motifs is 1. The summed E-state index contributed by atoms with van der Waals surface area (Å²) in [6.45, 7) is 2.78. The molecule has 1 aromatic heterocycles. The number of nitrogens with zero attached hydrogens (tertiary/aromatic N) is 4. The van der Waals surface area contributed by atoms with Crippen molar-refractivity contribution in [3.05, 3.63) is 65.3 Å². The Kier molecular flexibility index (Phi) is 4.24. The zero-order chi connectivity index (χ0) is 17.2. The van der Waals surface area contributed by atoms with Gasteiger partial charge in [-0.2, -0.15) is 0 Å². The highest BCUT2D eigenvalue weighted by Gasteiger charge is 2.23. The number of halogens is 1. The van der Waals surface area contributed by atoms with Crippen molar-refractivity contribution in [1.82, 2.24) is 14.9 Å². The number of aromatic nitrogens is 2. The van der Waals surface area contributed by atoms with Gasteiger partial charge in [0.25, 0.3) is 5.91 Å². The first-order chi connectivity index (χ1) is 12.2. The van der Waals surface area contributed by atoms with E-state index in [0.717, 1.165) is 29.9 Å². The van der Waals surface area contributed by atoms with E-state index < -0.39 is 0 Å². The minimum Gasteiger partial charge on any atom is -0.352 e. The maximum Gasteiger partial charge on any atom is 0.254 e. The van der Waals surface area contributed by atoms with Crippen LogP contribution in [0.3, 0.4) is 0 Å². The van der Waals surface area contributed by atoms with Crippen LogP contribution in [0, 0.1) is 0 Å². The molecular weight excluding hydrogens is 336 g/mol. The molecule has 0 atom stereocenters. The first-order valence-electron chi connectivity index (χ1n) is 8.22. The maximum absolute atomic E-state index is 12.6. The zero-order valence-electron chi connectivity index (χ0n) is 13.6. The zero-order valence-corrected chi connectivity index (χ0v) is 14.4. The molecule has 1 saturated heterocycles. The van der Waals surface area contributed by atoms with Crippen LogP contribution in [0.1, 0.15) is 10.4 Å². The van der Waals surface area contributed by atoms with Crippen LogP contribution >= 0.6 is 11.6 Å². The molecule has 0 unspecified atom stereocenters. The second-order valence-electron chi connectivity index (χ2n) is 6.01. The molecule has 0 aliphatic carbocycles. The van der Waals surface area contributed by atoms with E-state index in [0.29, 0.717) is 23.7 Å². The maximum atomic E-state index is 12.6. The fourth-order valence-electron chi connectivity index (χ4n) is 3.04. The van der Waals surface area contributed by atoms with Gasteiger partial charge in [0.15, 0.2) is 0 Å². The molecule has 2 aromatic carbocycles. The number of para-hydroxylation sites is 2. The van der Waals surface area contributed by atoms with E-state index in [1.165, 1.54) is 0 Å². The van der Waals surface area contributed by atoms with Gasteiger partial charge in [-0.05, 0) is 30.3 Å². The minimum atomic E-state index is 0.0201. The quantitative estimate of drug-likeness (QED) is 0.710. The molecule has 1 amide bonds. The predicted octanol–water partition coefficient (Wildman–Crippen LogP) is 3.25. The molecule has 0 spiro atoms. The molecule has 0 saturated carbocycles. The normalized spacial score (nSPS) is 14.8. The van der Waals surface area contributed by atoms with Crippen LogP contribution in [0.15, 0.2) is 54.7 Å². The van der Waals surface area contributed by atoms with Crippen molar-refractivity contribution in [3.63, 3.8) is 0 Å². The van der Waals surface area contributed by atoms with Crippen LogP contribution in [0.2, 0.25) is 5.02 Å². The van der Waals surface area contributed by atoms with Crippen LogP contribution < -0.4 is 4.90 Å². The summed E-state index contributed by atoms with van der Waals surface area (Å²) in [6.07, 6.45) is 1.80. The number of anilines is 1. The smallest absolute Gasteiger partial charge is 0.254 e. The number of rotatable bonds is 2. The fourth-order valence-corrected chi connectivity index (χ4v) is 3.23. The highest BCUT2D eigenvalue weighted by molar-refractivity contribution is 6.30. The van der Waals surface area contributed by atoms with Crippen molar-refractivity contribution in [2.24, 2.45) is 0 Å². The van der Waals surface area contributed by atoms with Gasteiger partial charge in [0.05, 0.1) is 17.2 Å². The van der Waals surface area contributed by atoms with E-state index in [9.17, 15) is 4.79 Å². The van der Waals surface area contributed by atoms with Gasteiger partial charge < -0.3 is 9.80 Å². The summed E-state index contributed by atoms with van der Waals surface area (Å²) in [5, 5.41) is 0.580. The van der Waals surface area contributed by atoms with Crippen LogP contribution in [-0.4, -0.2) is 47.0 Å². The molecule has 4 rings (SSSR count). The number of carbonyl (C=O) groups is 1. The lowest BCUT2D eigenvalue weighted by Gasteiger charge is -2.35. The fraction of sp³-hybridized carbons (Fsp3) is 0.211. The Labute approximate surface area is 150 Å². The van der Waals surface area contributed by atoms with E-state index in [1.54, 1.807) is 30.5 Å². The lowest BCUT2D eigenvalue weighted by Crippen LogP contribution is -2.49. The summed E-state index contributed by atoms with van der Waals surface area (Å²) in [4.78, 5) is 25.8. The first kappa shape index (κ1) is 15.8. The second-order valence-corrected chi connectivity index (χ2v) is 6.44. The summed E-state index contributed by atoms with van der Waals surface area (Å²) >= 11 is 5.98. The molecule has 0 radical (unpaired) electrons. The monoisotopic (exact) mass is 352 g/mol. The number of amides is 1. The van der Waals surface area contributed by atoms with Gasteiger partial charge >= 0.3 is 0 Å². The number of piperazine rings is 1. The van der Waals surface area contributed by atoms with Gasteiger partial charge in [-0.3, -0.25) is 9.78 Å². The van der Waals surface area contributed by atoms with E-state index in [-0.39, 0.29) is 5.91 Å². The van der Waals surface area contributed by atoms with Gasteiger partial charge in [0, 0.05) is 36.8 Å². The molecule has 1 aliphatic heterocycles. The summed E-state index contributed by atoms with van der Waals surface area (Å²) in [5.74, 6) is 0.875. The summed E-state index contributed by atoms with van der Waals surface area (Å²) in [6, 6.07) is 14.9. The number of hydrogen-bond donors (Lipinski definition) is 0. The van der Waals surface area contributed by atoms with Gasteiger partial charge in [-0.15, -0.1) is 0 Å². The van der Waals surface area contributed by atoms with Crippen LogP contribution in [-0.2, 0) is 0 Å². The van der Waals surface area contributed by atoms with Crippen molar-refractivity contribution in [2.75, 3.05) is 31.1 Å². The minimum absolute atomic E-state index is 0.0201. The van der Waals surface area contributed by atoms with E-state index >= 15 is 0 Å². The molecule has 3 aromatic rings. The van der Waals surface area contributed by atoms with Crippen LogP contribution in [0.5, 0.6) is 0 Å². The Morgan fingerprint density at radius 2 is 1.72 bits per heavy atom. The predicted molar refractivity (Wildman–Crippen MR) is 99.1 cm³/mol. The average Bonchev–Trinajstić information content (AvgIpc) is 2.67. The Balaban J connectivity index is 1.46. The third kappa shape index (κ3) is 3.28. The van der Waals surface area contributed by atoms with Crippen LogP contribution in [0.4, 0.5) is 5.82 Å². The van der Waals surface area contributed by atoms with Gasteiger partial charge in [0.2, 0.25) is 0 Å². The first-order valence-corrected chi connectivity index (χ1v) is 8.60. The molecule has 0 bridgehead atoms. The lowest BCUT2D eigenvalue weighted by atomic mass is 10.2. The van der Waals surface area contributed by atoms with Crippen molar-refractivity contribution in [2.45, 2.75) is 0 Å². The van der Waals surface area contributed by atoms with Crippen LogP contribution in [0.25, 0.3) is 11.0 Å². The number of carbonyl (C=O) groups excluding carboxylic acids is 1. The van der Waals surface area contributed by atoms with E-state index in [2.05, 4.69) is 14.9 Å². The molecule has 1 aliphatic rings. The van der Waals surface area contributed by atoms with Crippen molar-refractivity contribution in [1.29, 1.82) is 0 Å². The Hall–Kier alpha value is -2.66. The number of hydrogen-bond acceptors (Lipinski definition) is 4. The lowest BCUT2D eigenvalue weighted by molar-refractivity contribution is 0.0746. The Bertz CT molecular complexity index is 922. The third-order valence-corrected chi connectivity index (χ3v) is 4.63. The molecule has 25 heavy (non-hydrogen) atoms. The standard InChI is InChI=1S/C19H17ClN4O/c20-15-5-3-4-14(12-15)19(25)24-10-8-23(9-11-24)18-13-21-16-6-1-2-7-17(16)22-18/h1-7,12-13H,8-11H2. The van der Waals surface area contributed by atoms with E-state index in [1.807, 2.05) is 29.2 Å². The second kappa shape index (κ2) is 6.69. The summed E-state index contributed by atoms with van der Waals surface area (Å²) in [5.41, 5.74) is 2.41. The Morgan fingerprint density at radius 1 is 0.960 bits per heavy atom.